The van der Waals surface area contributed by atoms with Crippen molar-refractivity contribution in [2.45, 2.75) is 18.9 Å². The van der Waals surface area contributed by atoms with Gasteiger partial charge in [-0.15, -0.1) is 0 Å². The van der Waals surface area contributed by atoms with Crippen LogP contribution in [0.5, 0.6) is 0 Å². The highest BCUT2D eigenvalue weighted by Gasteiger charge is 2.15. The largest absolute Gasteiger partial charge is 0.481 e. The van der Waals surface area contributed by atoms with E-state index in [2.05, 4.69) is 4.84 Å². The van der Waals surface area contributed by atoms with E-state index in [0.717, 1.165) is 0 Å². The Morgan fingerprint density at radius 2 is 1.87 bits per heavy atom. The first-order chi connectivity index (χ1) is 6.93. The van der Waals surface area contributed by atoms with Crippen molar-refractivity contribution in [3.63, 3.8) is 0 Å². The molecule has 1 atom stereocenters. The summed E-state index contributed by atoms with van der Waals surface area (Å²) in [7, 11) is 0. The third kappa shape index (κ3) is 7.40. The Morgan fingerprint density at radius 1 is 1.27 bits per heavy atom. The number of hydrogen-bond donors (Lipinski definition) is 4. The standard InChI is InChI=1S/C7H12N2O6/c8-4(1-2-5(10)11)7(14)9-15-3-6(12)13/h4H,1-3,8H2,(H,9,14)(H,10,11)(H,12,13). The number of hydroxylamine groups is 1. The fraction of sp³-hybridized carbons (Fsp3) is 0.571. The first-order valence-corrected chi connectivity index (χ1v) is 4.04. The lowest BCUT2D eigenvalue weighted by Crippen LogP contribution is -2.41. The van der Waals surface area contributed by atoms with Crippen molar-refractivity contribution in [3.8, 4) is 0 Å². The van der Waals surface area contributed by atoms with Crippen molar-refractivity contribution < 1.29 is 29.4 Å². The van der Waals surface area contributed by atoms with Crippen LogP contribution in [0.4, 0.5) is 0 Å². The zero-order valence-corrected chi connectivity index (χ0v) is 7.80. The van der Waals surface area contributed by atoms with E-state index < -0.39 is 30.5 Å². The maximum absolute atomic E-state index is 11.0. The van der Waals surface area contributed by atoms with Gasteiger partial charge in [-0.1, -0.05) is 0 Å². The molecule has 0 aromatic rings. The number of hydrogen-bond acceptors (Lipinski definition) is 5. The Bertz CT molecular complexity index is 254. The van der Waals surface area contributed by atoms with Gasteiger partial charge in [0.1, 0.15) is 0 Å². The summed E-state index contributed by atoms with van der Waals surface area (Å²) < 4.78 is 0. The van der Waals surface area contributed by atoms with E-state index in [1.807, 2.05) is 0 Å². The van der Waals surface area contributed by atoms with Gasteiger partial charge in [0.25, 0.3) is 5.91 Å². The molecule has 0 aliphatic rings. The average molecular weight is 220 g/mol. The van der Waals surface area contributed by atoms with E-state index in [0.29, 0.717) is 0 Å². The van der Waals surface area contributed by atoms with Gasteiger partial charge in [-0.3, -0.25) is 14.4 Å². The molecule has 0 saturated heterocycles. The van der Waals surface area contributed by atoms with E-state index in [-0.39, 0.29) is 12.8 Å². The number of carbonyl (C=O) groups is 3. The first-order valence-electron chi connectivity index (χ1n) is 4.04. The number of nitrogens with one attached hydrogen (secondary N) is 1. The number of carbonyl (C=O) groups excluding carboxylic acids is 1. The van der Waals surface area contributed by atoms with Gasteiger partial charge in [0.2, 0.25) is 0 Å². The molecule has 0 saturated carbocycles. The van der Waals surface area contributed by atoms with Crippen LogP contribution >= 0.6 is 0 Å². The molecule has 5 N–H and O–H groups in total. The number of carboxylic acid groups (broad SMARTS) is 2. The van der Waals surface area contributed by atoms with Gasteiger partial charge >= 0.3 is 11.9 Å². The molecule has 8 heteroatoms. The molecular weight excluding hydrogens is 208 g/mol. The van der Waals surface area contributed by atoms with Crippen LogP contribution in [0.1, 0.15) is 12.8 Å². The predicted octanol–water partition coefficient (Wildman–Crippen LogP) is -1.69. The summed E-state index contributed by atoms with van der Waals surface area (Å²) in [6, 6.07) is -1.03. The number of rotatable bonds is 7. The SMILES string of the molecule is NC(CCC(=O)O)C(=O)NOCC(=O)O. The summed E-state index contributed by atoms with van der Waals surface area (Å²) in [6.07, 6.45) is -0.287. The van der Waals surface area contributed by atoms with Crippen LogP contribution < -0.4 is 11.2 Å². The topological polar surface area (TPSA) is 139 Å². The Hall–Kier alpha value is -1.67. The molecule has 0 aliphatic heterocycles. The second-order valence-electron chi connectivity index (χ2n) is 2.69. The summed E-state index contributed by atoms with van der Waals surface area (Å²) in [4.78, 5) is 35.4. The lowest BCUT2D eigenvalue weighted by molar-refractivity contribution is -0.149. The van der Waals surface area contributed by atoms with Crippen LogP contribution in [0.15, 0.2) is 0 Å². The highest BCUT2D eigenvalue weighted by Crippen LogP contribution is 1.94. The molecule has 15 heavy (non-hydrogen) atoms. The van der Waals surface area contributed by atoms with Crippen LogP contribution in [0, 0.1) is 0 Å². The molecule has 0 radical (unpaired) electrons. The molecule has 0 heterocycles. The summed E-state index contributed by atoms with van der Waals surface area (Å²) >= 11 is 0. The van der Waals surface area contributed by atoms with Gasteiger partial charge in [-0.25, -0.2) is 10.3 Å². The Kier molecular flexibility index (Phi) is 5.99. The molecule has 0 fully saturated rings. The van der Waals surface area contributed by atoms with Crippen LogP contribution in [-0.2, 0) is 19.2 Å². The maximum atomic E-state index is 11.0. The number of carboxylic acids is 2. The van der Waals surface area contributed by atoms with Crippen molar-refractivity contribution in [1.82, 2.24) is 5.48 Å². The van der Waals surface area contributed by atoms with Crippen LogP contribution in [0.25, 0.3) is 0 Å². The smallest absolute Gasteiger partial charge is 0.332 e. The van der Waals surface area contributed by atoms with Crippen LogP contribution in [0.2, 0.25) is 0 Å². The molecule has 0 aromatic heterocycles. The van der Waals surface area contributed by atoms with E-state index in [1.54, 1.807) is 5.48 Å². The van der Waals surface area contributed by atoms with Gasteiger partial charge < -0.3 is 15.9 Å². The molecule has 0 spiro atoms. The van der Waals surface area contributed by atoms with Gasteiger partial charge in [0.05, 0.1) is 6.04 Å². The predicted molar refractivity (Wildman–Crippen MR) is 46.6 cm³/mol. The van der Waals surface area contributed by atoms with Gasteiger partial charge in [-0.2, -0.15) is 0 Å². The molecule has 1 unspecified atom stereocenters. The lowest BCUT2D eigenvalue weighted by Gasteiger charge is -2.09. The molecule has 86 valence electrons. The first kappa shape index (κ1) is 13.3. The third-order valence-corrected chi connectivity index (χ3v) is 1.37. The van der Waals surface area contributed by atoms with Crippen molar-refractivity contribution in [3.05, 3.63) is 0 Å². The molecule has 0 bridgehead atoms. The Labute approximate surface area is 85.0 Å². The molecule has 0 aliphatic carbocycles. The fourth-order valence-electron chi connectivity index (χ4n) is 0.655. The van der Waals surface area contributed by atoms with Crippen LogP contribution in [0.3, 0.4) is 0 Å². The van der Waals surface area contributed by atoms with Crippen LogP contribution in [-0.4, -0.2) is 40.7 Å². The molecule has 0 aromatic carbocycles. The minimum Gasteiger partial charge on any atom is -0.481 e. The Morgan fingerprint density at radius 3 is 2.33 bits per heavy atom. The number of nitrogens with two attached hydrogens (primary N) is 1. The summed E-state index contributed by atoms with van der Waals surface area (Å²) in [5.41, 5.74) is 7.08. The number of amides is 1. The Balaban J connectivity index is 3.69. The maximum Gasteiger partial charge on any atom is 0.332 e. The second-order valence-corrected chi connectivity index (χ2v) is 2.69. The van der Waals surface area contributed by atoms with Crippen molar-refractivity contribution in [1.29, 1.82) is 0 Å². The van der Waals surface area contributed by atoms with Crippen molar-refractivity contribution in [2.24, 2.45) is 5.73 Å². The molecule has 1 amide bonds. The quantitative estimate of drug-likeness (QED) is 0.375. The monoisotopic (exact) mass is 220 g/mol. The normalized spacial score (nSPS) is 11.8. The minimum absolute atomic E-state index is 0.0440. The van der Waals surface area contributed by atoms with Crippen molar-refractivity contribution >= 4 is 17.8 Å². The van der Waals surface area contributed by atoms with E-state index in [1.165, 1.54) is 0 Å². The minimum atomic E-state index is -1.24. The van der Waals surface area contributed by atoms with E-state index in [4.69, 9.17) is 15.9 Å². The highest BCUT2D eigenvalue weighted by molar-refractivity contribution is 5.81. The fourth-order valence-corrected chi connectivity index (χ4v) is 0.655. The van der Waals surface area contributed by atoms with Gasteiger partial charge in [0, 0.05) is 6.42 Å². The zero-order valence-electron chi connectivity index (χ0n) is 7.80. The number of aliphatic carboxylic acids is 2. The zero-order chi connectivity index (χ0) is 11.8. The van der Waals surface area contributed by atoms with Gasteiger partial charge in [0.15, 0.2) is 6.61 Å². The average Bonchev–Trinajstić information content (AvgIpc) is 2.13. The van der Waals surface area contributed by atoms with Gasteiger partial charge in [-0.05, 0) is 6.42 Å². The summed E-state index contributed by atoms with van der Waals surface area (Å²) in [5.74, 6) is -3.06. The summed E-state index contributed by atoms with van der Waals surface area (Å²) in [6.45, 7) is -0.683. The lowest BCUT2D eigenvalue weighted by atomic mass is 10.1. The molecule has 0 rings (SSSR count). The van der Waals surface area contributed by atoms with Crippen molar-refractivity contribution in [2.75, 3.05) is 6.61 Å². The van der Waals surface area contributed by atoms with E-state index >= 15 is 0 Å². The van der Waals surface area contributed by atoms with E-state index in [9.17, 15) is 14.4 Å². The third-order valence-electron chi connectivity index (χ3n) is 1.37. The molecular formula is C7H12N2O6. The molecule has 8 nitrogen and oxygen atoms in total. The summed E-state index contributed by atoms with van der Waals surface area (Å²) in [5, 5.41) is 16.5. The second kappa shape index (κ2) is 6.74. The highest BCUT2D eigenvalue weighted by atomic mass is 16.7.